The van der Waals surface area contributed by atoms with Gasteiger partial charge in [-0.05, 0) is 72.7 Å². The minimum Gasteiger partial charge on any atom is -0.331 e. The summed E-state index contributed by atoms with van der Waals surface area (Å²) in [4.78, 5) is 15.2. The van der Waals surface area contributed by atoms with Crippen molar-refractivity contribution in [2.24, 2.45) is 0 Å². The van der Waals surface area contributed by atoms with Crippen LogP contribution in [0.1, 0.15) is 64.7 Å². The van der Waals surface area contributed by atoms with E-state index in [1.54, 1.807) is 6.20 Å². The van der Waals surface area contributed by atoms with Crippen molar-refractivity contribution in [3.05, 3.63) is 82.7 Å². The lowest BCUT2D eigenvalue weighted by Crippen LogP contribution is -2.36. The van der Waals surface area contributed by atoms with Crippen molar-refractivity contribution < 1.29 is 4.79 Å². The lowest BCUT2D eigenvalue weighted by Gasteiger charge is -2.30. The molecule has 0 N–H and O–H groups in total. The van der Waals surface area contributed by atoms with Gasteiger partial charge >= 0.3 is 0 Å². The highest BCUT2D eigenvalue weighted by atomic mass is 16.2. The van der Waals surface area contributed by atoms with Gasteiger partial charge in [0, 0.05) is 30.5 Å². The van der Waals surface area contributed by atoms with Crippen LogP contribution < -0.4 is 0 Å². The molecule has 2 heterocycles. The Kier molecular flexibility index (Phi) is 4.70. The Bertz CT molecular complexity index is 1010. The van der Waals surface area contributed by atoms with Gasteiger partial charge in [0.05, 0.1) is 5.69 Å². The van der Waals surface area contributed by atoms with Crippen molar-refractivity contribution in [2.45, 2.75) is 58.0 Å². The van der Waals surface area contributed by atoms with E-state index >= 15 is 0 Å². The summed E-state index contributed by atoms with van der Waals surface area (Å²) in [5.74, 6) is 0.238. The highest BCUT2D eigenvalue weighted by Gasteiger charge is 2.33. The van der Waals surface area contributed by atoms with Crippen LogP contribution in [0.25, 0.3) is 5.69 Å². The average Bonchev–Trinajstić information content (AvgIpc) is 3.39. The van der Waals surface area contributed by atoms with Gasteiger partial charge in [0.2, 0.25) is 0 Å². The molecular weight excluding hydrogens is 358 g/mol. The van der Waals surface area contributed by atoms with Crippen molar-refractivity contribution in [3.8, 4) is 5.69 Å². The van der Waals surface area contributed by atoms with Gasteiger partial charge in [-0.15, -0.1) is 0 Å². The van der Waals surface area contributed by atoms with Crippen LogP contribution in [-0.2, 0) is 13.0 Å². The largest absolute Gasteiger partial charge is 0.331 e. The molecule has 29 heavy (non-hydrogen) atoms. The van der Waals surface area contributed by atoms with E-state index in [-0.39, 0.29) is 5.91 Å². The van der Waals surface area contributed by atoms with E-state index in [4.69, 9.17) is 0 Å². The zero-order valence-corrected chi connectivity index (χ0v) is 17.0. The number of carbonyl (C=O) groups is 1. The first-order chi connectivity index (χ1) is 14.2. The van der Waals surface area contributed by atoms with E-state index < -0.39 is 0 Å². The van der Waals surface area contributed by atoms with Gasteiger partial charge in [0.1, 0.15) is 0 Å². The van der Waals surface area contributed by atoms with Gasteiger partial charge in [-0.1, -0.05) is 37.5 Å². The first-order valence-electron chi connectivity index (χ1n) is 10.7. The maximum absolute atomic E-state index is 13.1. The fraction of sp³-hybridized carbons (Fsp3) is 0.360. The Morgan fingerprint density at radius 3 is 2.59 bits per heavy atom. The molecule has 1 aliphatic heterocycles. The summed E-state index contributed by atoms with van der Waals surface area (Å²) in [6.45, 7) is 2.96. The number of carbonyl (C=O) groups excluding carboxylic acids is 1. The predicted octanol–water partition coefficient (Wildman–Crippen LogP) is 5.06. The summed E-state index contributed by atoms with van der Waals surface area (Å²) >= 11 is 0. The maximum Gasteiger partial charge on any atom is 0.254 e. The zero-order chi connectivity index (χ0) is 19.8. The van der Waals surface area contributed by atoms with E-state index in [9.17, 15) is 4.79 Å². The quantitative estimate of drug-likeness (QED) is 0.630. The van der Waals surface area contributed by atoms with E-state index in [0.29, 0.717) is 6.04 Å². The van der Waals surface area contributed by atoms with Crippen LogP contribution in [0.15, 0.2) is 54.9 Å². The van der Waals surface area contributed by atoms with Crippen molar-refractivity contribution in [2.75, 3.05) is 0 Å². The number of hydrogen-bond donors (Lipinski definition) is 0. The molecule has 0 saturated heterocycles. The molecule has 2 aromatic carbocycles. The van der Waals surface area contributed by atoms with Crippen LogP contribution in [0.3, 0.4) is 0 Å². The molecule has 0 spiro atoms. The van der Waals surface area contributed by atoms with Crippen LogP contribution in [0.2, 0.25) is 0 Å². The number of aryl methyl sites for hydroxylation is 1. The second kappa shape index (κ2) is 7.51. The number of aromatic nitrogens is 2. The predicted molar refractivity (Wildman–Crippen MR) is 114 cm³/mol. The molecule has 5 rings (SSSR count). The van der Waals surface area contributed by atoms with Gasteiger partial charge in [0.15, 0.2) is 0 Å². The molecule has 2 aliphatic rings. The molecule has 0 unspecified atom stereocenters. The second-order valence-electron chi connectivity index (χ2n) is 8.45. The average molecular weight is 386 g/mol. The summed E-state index contributed by atoms with van der Waals surface area (Å²) in [5, 5.41) is 4.28. The first kappa shape index (κ1) is 18.2. The van der Waals surface area contributed by atoms with E-state index in [1.807, 2.05) is 16.9 Å². The van der Waals surface area contributed by atoms with Gasteiger partial charge in [0.25, 0.3) is 5.91 Å². The Labute approximate surface area is 172 Å². The number of rotatable bonds is 4. The number of benzene rings is 2. The fourth-order valence-electron chi connectivity index (χ4n) is 4.84. The summed E-state index contributed by atoms with van der Waals surface area (Å²) in [7, 11) is 0. The summed E-state index contributed by atoms with van der Waals surface area (Å²) < 4.78 is 1.86. The minimum atomic E-state index is 0.238. The molecule has 148 valence electrons. The van der Waals surface area contributed by atoms with E-state index in [1.165, 1.54) is 41.5 Å². The van der Waals surface area contributed by atoms with Gasteiger partial charge in [-0.2, -0.15) is 5.10 Å². The van der Waals surface area contributed by atoms with Crippen LogP contribution in [0.4, 0.5) is 0 Å². The lowest BCUT2D eigenvalue weighted by atomic mass is 9.94. The molecule has 1 amide bonds. The smallest absolute Gasteiger partial charge is 0.254 e. The highest BCUT2D eigenvalue weighted by molar-refractivity contribution is 5.99. The van der Waals surface area contributed by atoms with Crippen molar-refractivity contribution in [3.63, 3.8) is 0 Å². The van der Waals surface area contributed by atoms with Crippen LogP contribution in [0.5, 0.6) is 0 Å². The molecule has 0 radical (unpaired) electrons. The molecule has 1 aliphatic carbocycles. The Hall–Kier alpha value is -2.88. The molecule has 1 fully saturated rings. The SMILES string of the molecule is Cc1cc2c(cc1Cc1ccc(-n3cccn3)cc1)C(=O)N(C1CCCCC1)C2. The third-order valence-electron chi connectivity index (χ3n) is 6.51. The first-order valence-corrected chi connectivity index (χ1v) is 10.7. The third-order valence-corrected chi connectivity index (χ3v) is 6.51. The second-order valence-corrected chi connectivity index (χ2v) is 8.45. The standard InChI is InChI=1S/C25H27N3O/c1-18-14-21-17-27(22-6-3-2-4-7-22)25(29)24(21)16-20(18)15-19-8-10-23(11-9-19)28-13-5-12-26-28/h5,8-14,16,22H,2-4,6-7,15,17H2,1H3. The molecule has 0 bridgehead atoms. The Morgan fingerprint density at radius 1 is 1.07 bits per heavy atom. The zero-order valence-electron chi connectivity index (χ0n) is 17.0. The topological polar surface area (TPSA) is 38.1 Å². The number of fused-ring (bicyclic) bond motifs is 1. The Morgan fingerprint density at radius 2 is 1.86 bits per heavy atom. The van der Waals surface area contributed by atoms with E-state index in [0.717, 1.165) is 37.1 Å². The third kappa shape index (κ3) is 3.48. The maximum atomic E-state index is 13.1. The number of amides is 1. The summed E-state index contributed by atoms with van der Waals surface area (Å²) in [5.41, 5.74) is 6.95. The normalized spacial score (nSPS) is 17.0. The number of hydrogen-bond acceptors (Lipinski definition) is 2. The van der Waals surface area contributed by atoms with Gasteiger partial charge in [-0.3, -0.25) is 4.79 Å². The van der Waals surface area contributed by atoms with Crippen molar-refractivity contribution >= 4 is 5.91 Å². The van der Waals surface area contributed by atoms with Gasteiger partial charge in [-0.25, -0.2) is 4.68 Å². The fourth-order valence-corrected chi connectivity index (χ4v) is 4.84. The van der Waals surface area contributed by atoms with E-state index in [2.05, 4.69) is 53.3 Å². The summed E-state index contributed by atoms with van der Waals surface area (Å²) in [6.07, 6.45) is 10.7. The molecular formula is C25H27N3O. The molecule has 0 atom stereocenters. The van der Waals surface area contributed by atoms with Gasteiger partial charge < -0.3 is 4.90 Å². The lowest BCUT2D eigenvalue weighted by molar-refractivity contribution is 0.0660. The highest BCUT2D eigenvalue weighted by Crippen LogP contribution is 2.33. The monoisotopic (exact) mass is 385 g/mol. The van der Waals surface area contributed by atoms with Crippen LogP contribution in [0, 0.1) is 6.92 Å². The molecule has 1 aromatic heterocycles. The minimum absolute atomic E-state index is 0.238. The Balaban J connectivity index is 1.36. The van der Waals surface area contributed by atoms with Crippen LogP contribution >= 0.6 is 0 Å². The molecule has 4 nitrogen and oxygen atoms in total. The molecule has 3 aromatic rings. The molecule has 1 saturated carbocycles. The summed E-state index contributed by atoms with van der Waals surface area (Å²) in [6, 6.07) is 15.2. The van der Waals surface area contributed by atoms with Crippen molar-refractivity contribution in [1.29, 1.82) is 0 Å². The van der Waals surface area contributed by atoms with Crippen molar-refractivity contribution in [1.82, 2.24) is 14.7 Å². The molecule has 4 heteroatoms. The number of nitrogens with zero attached hydrogens (tertiary/aromatic N) is 3. The van der Waals surface area contributed by atoms with Crippen LogP contribution in [-0.4, -0.2) is 26.6 Å².